The molecular weight excluding hydrogens is 319 g/mol. The highest BCUT2D eigenvalue weighted by molar-refractivity contribution is 7.46. The highest BCUT2D eigenvalue weighted by Gasteiger charge is 2.09. The third kappa shape index (κ3) is 3.08. The van der Waals surface area contributed by atoms with Crippen molar-refractivity contribution in [3.63, 3.8) is 0 Å². The van der Waals surface area contributed by atoms with Crippen LogP contribution < -0.4 is 5.30 Å². The van der Waals surface area contributed by atoms with Crippen LogP contribution in [0.3, 0.4) is 0 Å². The molecule has 1 unspecified atom stereocenters. The maximum absolute atomic E-state index is 2.39. The summed E-state index contributed by atoms with van der Waals surface area (Å²) in [6, 6.07) is 27.1. The maximum atomic E-state index is 2.39. The van der Waals surface area contributed by atoms with Crippen molar-refractivity contribution in [2.45, 2.75) is 19.8 Å². The highest BCUT2D eigenvalue weighted by Crippen LogP contribution is 2.30. The SMILES string of the molecule is CPc1ccc(C(C)C)cc1-c1ccc2cc3ccccc3cc2c1. The predicted molar refractivity (Wildman–Crippen MR) is 115 cm³/mol. The quantitative estimate of drug-likeness (QED) is 0.286. The van der Waals surface area contributed by atoms with Gasteiger partial charge in [0.1, 0.15) is 0 Å². The second kappa shape index (κ2) is 6.62. The van der Waals surface area contributed by atoms with Crippen LogP contribution in [-0.4, -0.2) is 6.66 Å². The Hall–Kier alpha value is -2.17. The van der Waals surface area contributed by atoms with Gasteiger partial charge in [-0.05, 0) is 74.3 Å². The molecule has 25 heavy (non-hydrogen) atoms. The van der Waals surface area contributed by atoms with E-state index in [0.29, 0.717) is 5.92 Å². The molecule has 4 rings (SSSR count). The van der Waals surface area contributed by atoms with Crippen molar-refractivity contribution in [2.75, 3.05) is 6.66 Å². The molecule has 0 aliphatic carbocycles. The molecule has 0 nitrogen and oxygen atoms in total. The zero-order valence-electron chi connectivity index (χ0n) is 15.0. The Balaban J connectivity index is 1.92. The van der Waals surface area contributed by atoms with Crippen LogP contribution in [0.2, 0.25) is 0 Å². The fourth-order valence-corrected chi connectivity index (χ4v) is 4.22. The third-order valence-corrected chi connectivity index (χ3v) is 5.97. The molecule has 4 aromatic rings. The second-order valence-electron chi connectivity index (χ2n) is 6.97. The van der Waals surface area contributed by atoms with E-state index in [1.54, 1.807) is 0 Å². The lowest BCUT2D eigenvalue weighted by Gasteiger charge is -2.14. The van der Waals surface area contributed by atoms with Crippen LogP contribution in [0, 0.1) is 0 Å². The lowest BCUT2D eigenvalue weighted by Crippen LogP contribution is -2.02. The van der Waals surface area contributed by atoms with Gasteiger partial charge < -0.3 is 0 Å². The third-order valence-electron chi connectivity index (χ3n) is 5.00. The summed E-state index contributed by atoms with van der Waals surface area (Å²) in [5.74, 6) is 0.553. The van der Waals surface area contributed by atoms with Crippen molar-refractivity contribution >= 4 is 35.4 Å². The highest BCUT2D eigenvalue weighted by atomic mass is 31.1. The number of hydrogen-bond acceptors (Lipinski definition) is 0. The first-order chi connectivity index (χ1) is 12.2. The van der Waals surface area contributed by atoms with E-state index in [1.807, 2.05) is 0 Å². The Morgan fingerprint density at radius 3 is 2.04 bits per heavy atom. The number of fused-ring (bicyclic) bond motifs is 2. The van der Waals surface area contributed by atoms with E-state index in [9.17, 15) is 0 Å². The van der Waals surface area contributed by atoms with Gasteiger partial charge in [0.05, 0.1) is 0 Å². The summed E-state index contributed by atoms with van der Waals surface area (Å²) < 4.78 is 0. The minimum Gasteiger partial charge on any atom is -0.0929 e. The summed E-state index contributed by atoms with van der Waals surface area (Å²) in [4.78, 5) is 0. The lowest BCUT2D eigenvalue weighted by atomic mass is 9.95. The predicted octanol–water partition coefficient (Wildman–Crippen LogP) is 6.72. The number of rotatable bonds is 3. The zero-order valence-corrected chi connectivity index (χ0v) is 16.0. The fraction of sp³-hybridized carbons (Fsp3) is 0.167. The number of benzene rings is 4. The Kier molecular flexibility index (Phi) is 4.32. The van der Waals surface area contributed by atoms with Crippen LogP contribution >= 0.6 is 8.58 Å². The van der Waals surface area contributed by atoms with Gasteiger partial charge in [-0.15, -0.1) is 0 Å². The van der Waals surface area contributed by atoms with Crippen LogP contribution in [0.25, 0.3) is 32.7 Å². The molecule has 0 aliphatic heterocycles. The summed E-state index contributed by atoms with van der Waals surface area (Å²) in [6.45, 7) is 6.79. The molecule has 1 atom stereocenters. The number of hydrogen-bond donors (Lipinski definition) is 0. The van der Waals surface area contributed by atoms with Gasteiger partial charge in [0, 0.05) is 0 Å². The van der Waals surface area contributed by atoms with E-state index in [4.69, 9.17) is 0 Å². The topological polar surface area (TPSA) is 0 Å². The van der Waals surface area contributed by atoms with Gasteiger partial charge in [-0.1, -0.05) is 77.0 Å². The van der Waals surface area contributed by atoms with E-state index in [2.05, 4.69) is 93.3 Å². The molecular formula is C24H23P. The molecule has 0 saturated heterocycles. The first-order valence-electron chi connectivity index (χ1n) is 8.90. The molecule has 0 aromatic heterocycles. The lowest BCUT2D eigenvalue weighted by molar-refractivity contribution is 0.868. The largest absolute Gasteiger partial charge is 0.0929 e. The van der Waals surface area contributed by atoms with Crippen LogP contribution in [0.15, 0.2) is 72.8 Å². The molecule has 0 radical (unpaired) electrons. The molecule has 0 N–H and O–H groups in total. The normalized spacial score (nSPS) is 12.0. The van der Waals surface area contributed by atoms with Gasteiger partial charge in [0.15, 0.2) is 0 Å². The monoisotopic (exact) mass is 342 g/mol. The van der Waals surface area contributed by atoms with Crippen LogP contribution in [0.4, 0.5) is 0 Å². The molecule has 0 heterocycles. The molecule has 4 aromatic carbocycles. The van der Waals surface area contributed by atoms with Crippen molar-refractivity contribution < 1.29 is 0 Å². The van der Waals surface area contributed by atoms with E-state index >= 15 is 0 Å². The van der Waals surface area contributed by atoms with E-state index in [1.165, 1.54) is 43.5 Å². The average molecular weight is 342 g/mol. The van der Waals surface area contributed by atoms with Gasteiger partial charge in [-0.2, -0.15) is 0 Å². The molecule has 0 amide bonds. The Morgan fingerprint density at radius 2 is 1.36 bits per heavy atom. The summed E-state index contributed by atoms with van der Waals surface area (Å²) in [5, 5.41) is 6.69. The van der Waals surface area contributed by atoms with Crippen molar-refractivity contribution in [3.8, 4) is 11.1 Å². The van der Waals surface area contributed by atoms with Gasteiger partial charge in [0.25, 0.3) is 0 Å². The molecule has 0 spiro atoms. The Labute approximate surface area is 151 Å². The standard InChI is InChI=1S/C24H23P/c1-16(2)17-10-11-24(25-3)23(15-17)21-9-8-20-12-18-6-4-5-7-19(18)13-22(20)14-21/h4-16,25H,1-3H3. The molecule has 124 valence electrons. The molecule has 1 heteroatoms. The van der Waals surface area contributed by atoms with Gasteiger partial charge >= 0.3 is 0 Å². The van der Waals surface area contributed by atoms with Crippen LogP contribution in [0.1, 0.15) is 25.3 Å². The second-order valence-corrected chi connectivity index (χ2v) is 8.01. The first kappa shape index (κ1) is 16.3. The Morgan fingerprint density at radius 1 is 0.680 bits per heavy atom. The molecule has 0 saturated carbocycles. The summed E-state index contributed by atoms with van der Waals surface area (Å²) >= 11 is 0. The van der Waals surface area contributed by atoms with Gasteiger partial charge in [-0.25, -0.2) is 0 Å². The minimum atomic E-state index is 0.553. The average Bonchev–Trinajstić information content (AvgIpc) is 2.65. The fourth-order valence-electron chi connectivity index (χ4n) is 3.49. The molecule has 0 bridgehead atoms. The first-order valence-corrected chi connectivity index (χ1v) is 10.4. The van der Waals surface area contributed by atoms with Crippen LogP contribution in [-0.2, 0) is 0 Å². The van der Waals surface area contributed by atoms with Crippen molar-refractivity contribution in [1.82, 2.24) is 0 Å². The zero-order chi connectivity index (χ0) is 17.4. The van der Waals surface area contributed by atoms with E-state index in [-0.39, 0.29) is 0 Å². The smallest absolute Gasteiger partial charge is 0.0107 e. The maximum Gasteiger partial charge on any atom is -0.0107 e. The Bertz CT molecular complexity index is 1060. The minimum absolute atomic E-state index is 0.553. The summed E-state index contributed by atoms with van der Waals surface area (Å²) in [5.41, 5.74) is 4.13. The van der Waals surface area contributed by atoms with Crippen molar-refractivity contribution in [3.05, 3.63) is 78.4 Å². The van der Waals surface area contributed by atoms with Gasteiger partial charge in [-0.3, -0.25) is 0 Å². The van der Waals surface area contributed by atoms with Gasteiger partial charge in [0.2, 0.25) is 0 Å². The van der Waals surface area contributed by atoms with E-state index in [0.717, 1.165) is 8.58 Å². The van der Waals surface area contributed by atoms with Crippen molar-refractivity contribution in [2.24, 2.45) is 0 Å². The molecule has 0 aliphatic rings. The summed E-state index contributed by atoms with van der Waals surface area (Å²) in [6.07, 6.45) is 0. The van der Waals surface area contributed by atoms with Crippen molar-refractivity contribution in [1.29, 1.82) is 0 Å². The van der Waals surface area contributed by atoms with E-state index < -0.39 is 0 Å². The summed E-state index contributed by atoms with van der Waals surface area (Å²) in [7, 11) is 0.806. The molecule has 0 fully saturated rings. The van der Waals surface area contributed by atoms with Crippen LogP contribution in [0.5, 0.6) is 0 Å².